The zero-order chi connectivity index (χ0) is 17.9. The predicted molar refractivity (Wildman–Crippen MR) is 89.9 cm³/mol. The van der Waals surface area contributed by atoms with E-state index in [0.29, 0.717) is 13.1 Å². The number of likely N-dealkylation sites (tertiary alicyclic amines) is 1. The third-order valence-corrected chi connectivity index (χ3v) is 4.68. The van der Waals surface area contributed by atoms with Crippen LogP contribution in [0.4, 0.5) is 13.6 Å². The summed E-state index contributed by atoms with van der Waals surface area (Å²) >= 11 is 0. The van der Waals surface area contributed by atoms with E-state index < -0.39 is 31.0 Å². The first-order valence-corrected chi connectivity index (χ1v) is 8.22. The lowest BCUT2D eigenvalue weighted by atomic mass is 9.90. The monoisotopic (exact) mass is 340 g/mol. The molecule has 1 aliphatic rings. The van der Waals surface area contributed by atoms with Crippen LogP contribution in [0.15, 0.2) is 30.3 Å². The van der Waals surface area contributed by atoms with E-state index in [2.05, 4.69) is 0 Å². The van der Waals surface area contributed by atoms with Crippen LogP contribution in [-0.2, 0) is 0 Å². The lowest BCUT2D eigenvalue weighted by molar-refractivity contribution is 0.0645. The van der Waals surface area contributed by atoms with Crippen LogP contribution in [0.25, 0.3) is 0 Å². The van der Waals surface area contributed by atoms with E-state index in [9.17, 15) is 18.7 Å². The van der Waals surface area contributed by atoms with E-state index in [1.54, 1.807) is 4.90 Å². The molecule has 1 aromatic carbocycles. The normalized spacial score (nSPS) is 22.1. The van der Waals surface area contributed by atoms with Gasteiger partial charge in [-0.3, -0.25) is 9.80 Å². The Balaban J connectivity index is 2.38. The average molecular weight is 340 g/mol. The molecule has 1 heterocycles. The molecule has 6 heteroatoms. The summed E-state index contributed by atoms with van der Waals surface area (Å²) in [6.45, 7) is 4.77. The number of carbonyl (C=O) groups is 1. The number of amides is 1. The van der Waals surface area contributed by atoms with Crippen LogP contribution in [0.2, 0.25) is 0 Å². The van der Waals surface area contributed by atoms with Gasteiger partial charge in [0.05, 0.1) is 12.1 Å². The van der Waals surface area contributed by atoms with E-state index in [-0.39, 0.29) is 12.0 Å². The van der Waals surface area contributed by atoms with Gasteiger partial charge in [-0.15, -0.1) is 0 Å². The first kappa shape index (κ1) is 18.6. The molecule has 1 N–H and O–H groups in total. The molecule has 0 saturated carbocycles. The lowest BCUT2D eigenvalue weighted by Gasteiger charge is -2.40. The minimum absolute atomic E-state index is 0.109. The Bertz CT molecular complexity index is 544. The highest BCUT2D eigenvalue weighted by Crippen LogP contribution is 2.35. The summed E-state index contributed by atoms with van der Waals surface area (Å²) < 4.78 is 26.3. The molecule has 1 aromatic rings. The highest BCUT2D eigenvalue weighted by atomic mass is 19.1. The Hall–Kier alpha value is -1.69. The molecule has 4 nitrogen and oxygen atoms in total. The summed E-state index contributed by atoms with van der Waals surface area (Å²) in [6, 6.07) is 8.45. The fourth-order valence-electron chi connectivity index (χ4n) is 3.57. The number of hydrogen-bond acceptors (Lipinski definition) is 2. The maximum atomic E-state index is 13.1. The number of nitrogens with zero attached hydrogens (tertiary/aromatic N) is 2. The van der Waals surface area contributed by atoms with Crippen LogP contribution in [0.5, 0.6) is 0 Å². The number of hydrogen-bond donors (Lipinski definition) is 1. The van der Waals surface area contributed by atoms with Crippen molar-refractivity contribution in [2.24, 2.45) is 0 Å². The van der Waals surface area contributed by atoms with Crippen LogP contribution in [0, 0.1) is 0 Å². The third-order valence-electron chi connectivity index (χ3n) is 4.68. The van der Waals surface area contributed by atoms with Crippen LogP contribution in [-0.4, -0.2) is 65.1 Å². The van der Waals surface area contributed by atoms with Gasteiger partial charge in [0.2, 0.25) is 0 Å². The Kier molecular flexibility index (Phi) is 5.80. The minimum atomic E-state index is -1.01. The Morgan fingerprint density at radius 3 is 2.29 bits per heavy atom. The maximum Gasteiger partial charge on any atom is 0.408 e. The second kappa shape index (κ2) is 7.47. The van der Waals surface area contributed by atoms with Gasteiger partial charge in [-0.2, -0.15) is 0 Å². The molecule has 2 atom stereocenters. The number of benzene rings is 1. The van der Waals surface area contributed by atoms with E-state index in [1.807, 2.05) is 51.1 Å². The molecule has 0 unspecified atom stereocenters. The summed E-state index contributed by atoms with van der Waals surface area (Å²) in [6.07, 6.45) is -1.01. The molecule has 134 valence electrons. The van der Waals surface area contributed by atoms with E-state index in [0.717, 1.165) is 5.56 Å². The summed E-state index contributed by atoms with van der Waals surface area (Å²) in [4.78, 5) is 15.1. The standard InChI is InChI=1S/C18H26F2N2O2/c1-18(2,3)22(17(23)24)16-12-21(14(9-19)10-20)11-15(16)13-7-5-4-6-8-13/h4-8,14-16H,9-12H2,1-3H3,(H,23,24)/t15-,16+/m1/s1. The van der Waals surface area contributed by atoms with Gasteiger partial charge in [0.1, 0.15) is 13.3 Å². The predicted octanol–water partition coefficient (Wildman–Crippen LogP) is 3.54. The van der Waals surface area contributed by atoms with Gasteiger partial charge in [-0.25, -0.2) is 13.6 Å². The lowest BCUT2D eigenvalue weighted by Crippen LogP contribution is -2.54. The molecular formula is C18H26F2N2O2. The van der Waals surface area contributed by atoms with Crippen molar-refractivity contribution in [3.8, 4) is 0 Å². The fraction of sp³-hybridized carbons (Fsp3) is 0.611. The molecule has 1 amide bonds. The molecule has 2 rings (SSSR count). The van der Waals surface area contributed by atoms with Gasteiger partial charge in [0.25, 0.3) is 0 Å². The molecule has 0 aromatic heterocycles. The van der Waals surface area contributed by atoms with Crippen LogP contribution in [0.3, 0.4) is 0 Å². The Labute approximate surface area is 142 Å². The number of carboxylic acid groups (broad SMARTS) is 1. The zero-order valence-electron chi connectivity index (χ0n) is 14.5. The first-order valence-electron chi connectivity index (χ1n) is 8.22. The van der Waals surface area contributed by atoms with E-state index in [1.165, 1.54) is 4.90 Å². The molecule has 1 aliphatic heterocycles. The highest BCUT2D eigenvalue weighted by Gasteiger charge is 2.45. The van der Waals surface area contributed by atoms with Crippen molar-refractivity contribution in [3.05, 3.63) is 35.9 Å². The quantitative estimate of drug-likeness (QED) is 0.892. The molecule has 0 aliphatic carbocycles. The van der Waals surface area contributed by atoms with Crippen molar-refractivity contribution < 1.29 is 18.7 Å². The van der Waals surface area contributed by atoms with Crippen molar-refractivity contribution in [1.82, 2.24) is 9.80 Å². The van der Waals surface area contributed by atoms with Gasteiger partial charge >= 0.3 is 6.09 Å². The molecule has 0 radical (unpaired) electrons. The minimum Gasteiger partial charge on any atom is -0.465 e. The van der Waals surface area contributed by atoms with Gasteiger partial charge < -0.3 is 5.11 Å². The zero-order valence-corrected chi connectivity index (χ0v) is 14.5. The van der Waals surface area contributed by atoms with Gasteiger partial charge in [0.15, 0.2) is 0 Å². The third kappa shape index (κ3) is 3.86. The van der Waals surface area contributed by atoms with Crippen molar-refractivity contribution in [3.63, 3.8) is 0 Å². The summed E-state index contributed by atoms with van der Waals surface area (Å²) in [5.74, 6) is -0.109. The summed E-state index contributed by atoms with van der Waals surface area (Å²) in [5, 5.41) is 9.73. The van der Waals surface area contributed by atoms with Crippen LogP contribution in [0.1, 0.15) is 32.3 Å². The van der Waals surface area contributed by atoms with Crippen molar-refractivity contribution in [1.29, 1.82) is 0 Å². The molecular weight excluding hydrogens is 314 g/mol. The van der Waals surface area contributed by atoms with E-state index >= 15 is 0 Å². The topological polar surface area (TPSA) is 43.8 Å². The molecule has 24 heavy (non-hydrogen) atoms. The van der Waals surface area contributed by atoms with Gasteiger partial charge in [0, 0.05) is 24.5 Å². The van der Waals surface area contributed by atoms with E-state index in [4.69, 9.17) is 0 Å². The number of halogens is 2. The fourth-order valence-corrected chi connectivity index (χ4v) is 3.57. The molecule has 1 saturated heterocycles. The van der Waals surface area contributed by atoms with Gasteiger partial charge in [-0.1, -0.05) is 30.3 Å². The summed E-state index contributed by atoms with van der Waals surface area (Å²) in [5.41, 5.74) is 0.400. The van der Waals surface area contributed by atoms with Crippen molar-refractivity contribution in [2.75, 3.05) is 26.4 Å². The number of alkyl halides is 2. The Morgan fingerprint density at radius 2 is 1.83 bits per heavy atom. The molecule has 0 spiro atoms. The number of rotatable bonds is 5. The molecule has 0 bridgehead atoms. The van der Waals surface area contributed by atoms with Crippen molar-refractivity contribution >= 4 is 6.09 Å². The second-order valence-corrected chi connectivity index (χ2v) is 7.32. The van der Waals surface area contributed by atoms with Crippen LogP contribution < -0.4 is 0 Å². The Morgan fingerprint density at radius 1 is 1.25 bits per heavy atom. The van der Waals surface area contributed by atoms with Gasteiger partial charge in [-0.05, 0) is 26.3 Å². The molecule has 1 fully saturated rings. The first-order chi connectivity index (χ1) is 11.3. The smallest absolute Gasteiger partial charge is 0.408 e. The largest absolute Gasteiger partial charge is 0.465 e. The SMILES string of the molecule is CC(C)(C)N(C(=O)O)[C@H]1CN(C(CF)CF)C[C@@H]1c1ccccc1. The second-order valence-electron chi connectivity index (χ2n) is 7.32. The summed E-state index contributed by atoms with van der Waals surface area (Å²) in [7, 11) is 0. The van der Waals surface area contributed by atoms with Crippen molar-refractivity contribution in [2.45, 2.75) is 44.3 Å². The van der Waals surface area contributed by atoms with Crippen LogP contribution >= 0.6 is 0 Å². The average Bonchev–Trinajstić information content (AvgIpc) is 2.92. The highest BCUT2D eigenvalue weighted by molar-refractivity contribution is 5.67. The maximum absolute atomic E-state index is 13.1.